The van der Waals surface area contributed by atoms with Gasteiger partial charge in [0.1, 0.15) is 0 Å². The molecule has 0 fully saturated rings. The van der Waals surface area contributed by atoms with E-state index in [1.807, 2.05) is 0 Å². The average molecular weight is 559 g/mol. The van der Waals surface area contributed by atoms with Gasteiger partial charge in [0.05, 0.1) is 27.3 Å². The van der Waals surface area contributed by atoms with E-state index < -0.39 is 55.8 Å². The molecule has 3 aromatic rings. The fourth-order valence-corrected chi connectivity index (χ4v) is 5.12. The van der Waals surface area contributed by atoms with Crippen molar-refractivity contribution in [1.82, 2.24) is 0 Å². The van der Waals surface area contributed by atoms with Crippen LogP contribution in [0.4, 0.5) is 45.2 Å². The van der Waals surface area contributed by atoms with Crippen LogP contribution in [-0.2, 0) is 28.6 Å². The minimum atomic E-state index is -5.33. The van der Waals surface area contributed by atoms with E-state index in [1.165, 1.54) is 0 Å². The number of halogens is 9. The molecule has 3 nitrogen and oxygen atoms in total. The van der Waals surface area contributed by atoms with Gasteiger partial charge in [0, 0.05) is 9.79 Å². The Labute approximate surface area is 203 Å². The molecular formula is C22H14F9NO2S2. The lowest BCUT2D eigenvalue weighted by Gasteiger charge is -2.18. The van der Waals surface area contributed by atoms with E-state index in [9.17, 15) is 47.9 Å². The van der Waals surface area contributed by atoms with Gasteiger partial charge in [0.25, 0.3) is 10.0 Å². The first-order valence-corrected chi connectivity index (χ1v) is 11.9. The molecule has 0 spiro atoms. The zero-order valence-corrected chi connectivity index (χ0v) is 19.4. The fraction of sp³-hybridized carbons (Fsp3) is 0.182. The molecule has 0 saturated heterocycles. The predicted molar refractivity (Wildman–Crippen MR) is 114 cm³/mol. The molecule has 0 atom stereocenters. The van der Waals surface area contributed by atoms with Crippen molar-refractivity contribution in [1.29, 1.82) is 0 Å². The van der Waals surface area contributed by atoms with E-state index in [1.54, 1.807) is 35.9 Å². The van der Waals surface area contributed by atoms with Gasteiger partial charge in [-0.05, 0) is 55.0 Å². The van der Waals surface area contributed by atoms with Crippen LogP contribution >= 0.6 is 11.8 Å². The Morgan fingerprint density at radius 2 is 1.19 bits per heavy atom. The van der Waals surface area contributed by atoms with Crippen LogP contribution in [0.5, 0.6) is 0 Å². The maximum atomic E-state index is 13.3. The zero-order chi connectivity index (χ0) is 27.1. The molecule has 14 heteroatoms. The second-order valence-corrected chi connectivity index (χ2v) is 10.2. The number of sulfonamides is 1. The van der Waals surface area contributed by atoms with Crippen molar-refractivity contribution in [3.63, 3.8) is 0 Å². The molecule has 194 valence electrons. The molecule has 0 radical (unpaired) electrons. The monoisotopic (exact) mass is 559 g/mol. The molecule has 3 aromatic carbocycles. The lowest BCUT2D eigenvalue weighted by Crippen LogP contribution is -2.18. The number of anilines is 1. The van der Waals surface area contributed by atoms with Gasteiger partial charge in [-0.2, -0.15) is 39.5 Å². The number of nitrogens with one attached hydrogen (secondary N) is 1. The quantitative estimate of drug-likeness (QED) is 0.322. The van der Waals surface area contributed by atoms with Gasteiger partial charge in [-0.25, -0.2) is 8.42 Å². The van der Waals surface area contributed by atoms with Crippen LogP contribution in [0.25, 0.3) is 0 Å². The molecule has 1 N–H and O–H groups in total. The van der Waals surface area contributed by atoms with Crippen molar-refractivity contribution >= 4 is 27.5 Å². The molecule has 0 aliphatic heterocycles. The summed E-state index contributed by atoms with van der Waals surface area (Å²) in [6, 6.07) is 8.29. The minimum Gasteiger partial charge on any atom is -0.278 e. The normalized spacial score (nSPS) is 13.1. The van der Waals surface area contributed by atoms with Crippen molar-refractivity contribution in [3.05, 3.63) is 82.9 Å². The third-order valence-electron chi connectivity index (χ3n) is 4.74. The second-order valence-electron chi connectivity index (χ2n) is 7.42. The molecule has 0 aliphatic carbocycles. The van der Waals surface area contributed by atoms with Crippen LogP contribution in [0.15, 0.2) is 75.4 Å². The Morgan fingerprint density at radius 3 is 1.69 bits per heavy atom. The van der Waals surface area contributed by atoms with Crippen LogP contribution in [0.2, 0.25) is 0 Å². The predicted octanol–water partition coefficient (Wildman–Crippen LogP) is 8.00. The first-order valence-electron chi connectivity index (χ1n) is 9.65. The SMILES string of the molecule is Cc1ccccc1Sc1ccc(C(F)(F)F)cc1NS(=O)(=O)c1cc(C(F)(F)F)cc(C(F)(F)F)c1. The molecule has 0 amide bonds. The minimum absolute atomic E-state index is 0.0284. The van der Waals surface area contributed by atoms with Crippen LogP contribution in [0.3, 0.4) is 0 Å². The first kappa shape index (κ1) is 27.7. The highest BCUT2D eigenvalue weighted by atomic mass is 32.2. The Kier molecular flexibility index (Phi) is 7.34. The van der Waals surface area contributed by atoms with Crippen LogP contribution in [0.1, 0.15) is 22.3 Å². The van der Waals surface area contributed by atoms with Crippen molar-refractivity contribution in [2.75, 3.05) is 4.72 Å². The summed E-state index contributed by atoms with van der Waals surface area (Å²) < 4.78 is 146. The number of benzene rings is 3. The molecule has 0 bridgehead atoms. The Balaban J connectivity index is 2.15. The summed E-state index contributed by atoms with van der Waals surface area (Å²) >= 11 is 0.857. The van der Waals surface area contributed by atoms with E-state index in [0.717, 1.165) is 17.8 Å². The maximum absolute atomic E-state index is 13.3. The highest BCUT2D eigenvalue weighted by molar-refractivity contribution is 7.99. The Bertz CT molecular complexity index is 1350. The molecular weight excluding hydrogens is 545 g/mol. The van der Waals surface area contributed by atoms with Crippen LogP contribution < -0.4 is 4.72 Å². The van der Waals surface area contributed by atoms with Crippen LogP contribution in [0, 0.1) is 6.92 Å². The molecule has 0 aromatic heterocycles. The summed E-state index contributed by atoms with van der Waals surface area (Å²) in [4.78, 5) is -0.964. The van der Waals surface area contributed by atoms with Gasteiger partial charge >= 0.3 is 18.5 Å². The topological polar surface area (TPSA) is 46.2 Å². The van der Waals surface area contributed by atoms with Crippen molar-refractivity contribution in [3.8, 4) is 0 Å². The number of hydrogen-bond donors (Lipinski definition) is 1. The number of hydrogen-bond acceptors (Lipinski definition) is 3. The largest absolute Gasteiger partial charge is 0.416 e. The van der Waals surface area contributed by atoms with Gasteiger partial charge in [0.2, 0.25) is 0 Å². The smallest absolute Gasteiger partial charge is 0.278 e. The summed E-state index contributed by atoms with van der Waals surface area (Å²) in [6.07, 6.45) is -15.6. The van der Waals surface area contributed by atoms with Gasteiger partial charge in [-0.15, -0.1) is 0 Å². The van der Waals surface area contributed by atoms with E-state index in [0.29, 0.717) is 22.6 Å². The summed E-state index contributed by atoms with van der Waals surface area (Å²) in [5.74, 6) is 0. The third kappa shape index (κ3) is 6.46. The lowest BCUT2D eigenvalue weighted by molar-refractivity contribution is -0.143. The van der Waals surface area contributed by atoms with E-state index in [4.69, 9.17) is 0 Å². The van der Waals surface area contributed by atoms with Gasteiger partial charge < -0.3 is 0 Å². The number of alkyl halides is 9. The summed E-state index contributed by atoms with van der Waals surface area (Å²) in [7, 11) is -5.20. The highest BCUT2D eigenvalue weighted by Crippen LogP contribution is 2.41. The van der Waals surface area contributed by atoms with Crippen molar-refractivity contribution < 1.29 is 47.9 Å². The van der Waals surface area contributed by atoms with Crippen molar-refractivity contribution in [2.45, 2.75) is 40.1 Å². The van der Waals surface area contributed by atoms with E-state index >= 15 is 0 Å². The average Bonchev–Trinajstić information content (AvgIpc) is 2.74. The lowest BCUT2D eigenvalue weighted by atomic mass is 10.1. The molecule has 0 saturated carbocycles. The van der Waals surface area contributed by atoms with Gasteiger partial charge in [-0.1, -0.05) is 30.0 Å². The molecule has 0 unspecified atom stereocenters. The van der Waals surface area contributed by atoms with Gasteiger partial charge in [-0.3, -0.25) is 4.72 Å². The number of rotatable bonds is 5. The third-order valence-corrected chi connectivity index (χ3v) is 7.34. The van der Waals surface area contributed by atoms with Gasteiger partial charge in [0.15, 0.2) is 0 Å². The number of aryl methyl sites for hydroxylation is 1. The first-order chi connectivity index (χ1) is 16.4. The Hall–Kier alpha value is -2.87. The van der Waals surface area contributed by atoms with Crippen LogP contribution in [-0.4, -0.2) is 8.42 Å². The zero-order valence-electron chi connectivity index (χ0n) is 17.8. The maximum Gasteiger partial charge on any atom is 0.416 e. The van der Waals surface area contributed by atoms with E-state index in [-0.39, 0.29) is 23.1 Å². The fourth-order valence-electron chi connectivity index (χ4n) is 2.95. The molecule has 0 heterocycles. The molecule has 3 rings (SSSR count). The molecule has 0 aliphatic rings. The summed E-state index contributed by atoms with van der Waals surface area (Å²) in [6.45, 7) is 1.68. The second kappa shape index (κ2) is 9.54. The van der Waals surface area contributed by atoms with E-state index in [2.05, 4.69) is 0 Å². The standard InChI is InChI=1S/C22H14F9NO2S2/c1-12-4-2-3-5-18(12)35-19-7-6-13(20(23,24)25)11-17(19)32-36(33,34)16-9-14(21(26,27)28)8-15(10-16)22(29,30)31/h2-11,32H,1H3. The highest BCUT2D eigenvalue weighted by Gasteiger charge is 2.38. The summed E-state index contributed by atoms with van der Waals surface area (Å²) in [5.41, 5.74) is -5.06. The molecule has 36 heavy (non-hydrogen) atoms. The summed E-state index contributed by atoms with van der Waals surface area (Å²) in [5, 5.41) is 0. The van der Waals surface area contributed by atoms with Crippen molar-refractivity contribution in [2.24, 2.45) is 0 Å². The Morgan fingerprint density at radius 1 is 0.667 bits per heavy atom.